The molecule has 1 aliphatic heterocycles. The number of nitrogens with zero attached hydrogens (tertiary/aromatic N) is 2. The van der Waals surface area contributed by atoms with E-state index >= 15 is 0 Å². The molecule has 3 rings (SSSR count). The number of halogens is 1. The highest BCUT2D eigenvalue weighted by molar-refractivity contribution is 6.31. The topological polar surface area (TPSA) is 80.4 Å². The SMILES string of the molecule is Cc1c(C(=O)NCCCN2CCC(C(N)=O)CC2)n(C)c2ccc(Cl)cc12. The first-order valence-corrected chi connectivity index (χ1v) is 9.80. The number of aryl methyl sites for hydroxylation is 2. The number of carbonyl (C=O) groups is 2. The normalized spacial score (nSPS) is 16.0. The second-order valence-corrected chi connectivity index (χ2v) is 7.76. The molecule has 1 fully saturated rings. The second kappa shape index (κ2) is 8.31. The van der Waals surface area contributed by atoms with Gasteiger partial charge >= 0.3 is 0 Å². The molecule has 0 atom stereocenters. The van der Waals surface area contributed by atoms with Crippen molar-refractivity contribution in [3.05, 3.63) is 34.5 Å². The Morgan fingerprint density at radius 3 is 2.67 bits per heavy atom. The van der Waals surface area contributed by atoms with Crippen LogP contribution in [-0.4, -0.2) is 47.5 Å². The van der Waals surface area contributed by atoms with Gasteiger partial charge in [0, 0.05) is 35.4 Å². The van der Waals surface area contributed by atoms with Crippen LogP contribution in [-0.2, 0) is 11.8 Å². The quantitative estimate of drug-likeness (QED) is 0.743. The van der Waals surface area contributed by atoms with Crippen molar-refractivity contribution in [3.8, 4) is 0 Å². The van der Waals surface area contributed by atoms with E-state index in [0.717, 1.165) is 55.4 Å². The number of nitrogens with one attached hydrogen (secondary N) is 1. The van der Waals surface area contributed by atoms with Gasteiger partial charge in [0.05, 0.1) is 0 Å². The van der Waals surface area contributed by atoms with Crippen LogP contribution in [0.15, 0.2) is 18.2 Å². The third-order valence-corrected chi connectivity index (χ3v) is 5.79. The Labute approximate surface area is 164 Å². The molecule has 1 saturated heterocycles. The number of rotatable bonds is 6. The number of carbonyl (C=O) groups excluding carboxylic acids is 2. The summed E-state index contributed by atoms with van der Waals surface area (Å²) in [6.07, 6.45) is 2.54. The van der Waals surface area contributed by atoms with E-state index in [1.807, 2.05) is 36.7 Å². The molecule has 27 heavy (non-hydrogen) atoms. The van der Waals surface area contributed by atoms with Gasteiger partial charge in [-0.3, -0.25) is 9.59 Å². The van der Waals surface area contributed by atoms with Gasteiger partial charge in [0.25, 0.3) is 5.91 Å². The van der Waals surface area contributed by atoms with Crippen LogP contribution in [0.3, 0.4) is 0 Å². The average molecular weight is 391 g/mol. The number of hydrogen-bond acceptors (Lipinski definition) is 3. The van der Waals surface area contributed by atoms with Gasteiger partial charge in [0.15, 0.2) is 0 Å². The van der Waals surface area contributed by atoms with Crippen molar-refractivity contribution in [2.24, 2.45) is 18.7 Å². The van der Waals surface area contributed by atoms with E-state index in [-0.39, 0.29) is 17.7 Å². The van der Waals surface area contributed by atoms with E-state index in [4.69, 9.17) is 17.3 Å². The monoisotopic (exact) mass is 390 g/mol. The van der Waals surface area contributed by atoms with Gasteiger partial charge in [-0.05, 0) is 69.6 Å². The van der Waals surface area contributed by atoms with Gasteiger partial charge in [0.2, 0.25) is 5.91 Å². The zero-order valence-corrected chi connectivity index (χ0v) is 16.7. The maximum Gasteiger partial charge on any atom is 0.268 e. The van der Waals surface area contributed by atoms with Crippen molar-refractivity contribution >= 4 is 34.3 Å². The molecule has 1 aliphatic rings. The van der Waals surface area contributed by atoms with Crippen molar-refractivity contribution in [2.45, 2.75) is 26.2 Å². The predicted molar refractivity (Wildman–Crippen MR) is 108 cm³/mol. The van der Waals surface area contributed by atoms with Crippen LogP contribution in [0.4, 0.5) is 0 Å². The van der Waals surface area contributed by atoms with Crippen molar-refractivity contribution < 1.29 is 9.59 Å². The maximum absolute atomic E-state index is 12.7. The molecule has 0 unspecified atom stereocenters. The number of piperidine rings is 1. The number of primary amides is 1. The van der Waals surface area contributed by atoms with Gasteiger partial charge in [-0.2, -0.15) is 0 Å². The summed E-state index contributed by atoms with van der Waals surface area (Å²) in [6.45, 7) is 5.28. The lowest BCUT2D eigenvalue weighted by molar-refractivity contribution is -0.123. The molecule has 0 aliphatic carbocycles. The molecule has 2 aromatic rings. The van der Waals surface area contributed by atoms with Gasteiger partial charge < -0.3 is 20.5 Å². The lowest BCUT2D eigenvalue weighted by Gasteiger charge is -2.30. The zero-order valence-electron chi connectivity index (χ0n) is 15.9. The predicted octanol–water partition coefficient (Wildman–Crippen LogP) is 2.46. The molecular weight excluding hydrogens is 364 g/mol. The van der Waals surface area contributed by atoms with Gasteiger partial charge in [-0.15, -0.1) is 0 Å². The Morgan fingerprint density at radius 2 is 2.00 bits per heavy atom. The van der Waals surface area contributed by atoms with Crippen LogP contribution in [0.1, 0.15) is 35.3 Å². The van der Waals surface area contributed by atoms with E-state index in [2.05, 4.69) is 10.2 Å². The van der Waals surface area contributed by atoms with Gasteiger partial charge in [-0.25, -0.2) is 0 Å². The molecule has 2 amide bonds. The number of likely N-dealkylation sites (tertiary alicyclic amines) is 1. The van der Waals surface area contributed by atoms with E-state index in [9.17, 15) is 9.59 Å². The van der Waals surface area contributed by atoms with E-state index in [1.54, 1.807) is 0 Å². The highest BCUT2D eigenvalue weighted by Crippen LogP contribution is 2.27. The number of nitrogens with two attached hydrogens (primary N) is 1. The highest BCUT2D eigenvalue weighted by Gasteiger charge is 2.23. The van der Waals surface area contributed by atoms with E-state index in [1.165, 1.54) is 0 Å². The number of benzene rings is 1. The van der Waals surface area contributed by atoms with E-state index in [0.29, 0.717) is 17.3 Å². The Bertz CT molecular complexity index is 853. The fourth-order valence-corrected chi connectivity index (χ4v) is 4.12. The molecule has 0 spiro atoms. The molecule has 1 aromatic carbocycles. The van der Waals surface area contributed by atoms with Crippen molar-refractivity contribution in [1.82, 2.24) is 14.8 Å². The summed E-state index contributed by atoms with van der Waals surface area (Å²) in [5.74, 6) is -0.229. The Kier molecular flexibility index (Phi) is 6.07. The molecule has 0 radical (unpaired) electrons. The minimum Gasteiger partial charge on any atom is -0.369 e. The summed E-state index contributed by atoms with van der Waals surface area (Å²) in [4.78, 5) is 26.2. The average Bonchev–Trinajstić information content (AvgIpc) is 2.89. The summed E-state index contributed by atoms with van der Waals surface area (Å²) in [7, 11) is 1.90. The maximum atomic E-state index is 12.7. The first-order valence-electron chi connectivity index (χ1n) is 9.43. The molecule has 1 aromatic heterocycles. The number of amides is 2. The fraction of sp³-hybridized carbons (Fsp3) is 0.500. The van der Waals surface area contributed by atoms with Crippen LogP contribution < -0.4 is 11.1 Å². The first-order chi connectivity index (χ1) is 12.9. The van der Waals surface area contributed by atoms with E-state index < -0.39 is 0 Å². The molecule has 146 valence electrons. The fourth-order valence-electron chi connectivity index (χ4n) is 3.95. The highest BCUT2D eigenvalue weighted by atomic mass is 35.5. The molecule has 6 nitrogen and oxygen atoms in total. The number of fused-ring (bicyclic) bond motifs is 1. The molecule has 0 saturated carbocycles. The Hall–Kier alpha value is -2.05. The number of aromatic nitrogens is 1. The summed E-state index contributed by atoms with van der Waals surface area (Å²) >= 11 is 6.09. The zero-order chi connectivity index (χ0) is 19.6. The van der Waals surface area contributed by atoms with Crippen molar-refractivity contribution in [3.63, 3.8) is 0 Å². The minimum absolute atomic E-state index is 0.0175. The molecule has 2 heterocycles. The number of hydrogen-bond donors (Lipinski definition) is 2. The van der Waals surface area contributed by atoms with Gasteiger partial charge in [0.1, 0.15) is 5.69 Å². The smallest absolute Gasteiger partial charge is 0.268 e. The Balaban J connectivity index is 1.52. The lowest BCUT2D eigenvalue weighted by Crippen LogP contribution is -2.39. The molecule has 7 heteroatoms. The Morgan fingerprint density at radius 1 is 1.30 bits per heavy atom. The second-order valence-electron chi connectivity index (χ2n) is 7.32. The van der Waals surface area contributed by atoms with Crippen LogP contribution in [0, 0.1) is 12.8 Å². The third-order valence-electron chi connectivity index (χ3n) is 5.56. The standard InChI is InChI=1S/C20H27ClN4O2/c1-13-16-12-15(21)4-5-17(16)24(2)18(13)20(27)23-8-3-9-25-10-6-14(7-11-25)19(22)26/h4-5,12,14H,3,6-11H2,1-2H3,(H2,22,26)(H,23,27). The minimum atomic E-state index is -0.187. The third kappa shape index (κ3) is 4.28. The van der Waals surface area contributed by atoms with Crippen LogP contribution in [0.5, 0.6) is 0 Å². The van der Waals surface area contributed by atoms with Crippen molar-refractivity contribution in [1.29, 1.82) is 0 Å². The molecular formula is C20H27ClN4O2. The first kappa shape index (κ1) is 19.7. The summed E-state index contributed by atoms with van der Waals surface area (Å²) in [6, 6.07) is 5.68. The van der Waals surface area contributed by atoms with Gasteiger partial charge in [-0.1, -0.05) is 11.6 Å². The van der Waals surface area contributed by atoms with Crippen LogP contribution in [0.2, 0.25) is 5.02 Å². The molecule has 0 bridgehead atoms. The summed E-state index contributed by atoms with van der Waals surface area (Å²) < 4.78 is 1.92. The largest absolute Gasteiger partial charge is 0.369 e. The molecule has 3 N–H and O–H groups in total. The summed E-state index contributed by atoms with van der Waals surface area (Å²) in [5, 5.41) is 4.71. The lowest BCUT2D eigenvalue weighted by atomic mass is 9.96. The van der Waals surface area contributed by atoms with Crippen LogP contribution in [0.25, 0.3) is 10.9 Å². The van der Waals surface area contributed by atoms with Crippen molar-refractivity contribution in [2.75, 3.05) is 26.2 Å². The summed E-state index contributed by atoms with van der Waals surface area (Å²) in [5.41, 5.74) is 7.99. The van der Waals surface area contributed by atoms with Crippen LogP contribution >= 0.6 is 11.6 Å².